The summed E-state index contributed by atoms with van der Waals surface area (Å²) < 4.78 is 27.3. The van der Waals surface area contributed by atoms with E-state index in [0.29, 0.717) is 4.90 Å². The van der Waals surface area contributed by atoms with Gasteiger partial charge in [0.1, 0.15) is 0 Å². The van der Waals surface area contributed by atoms with E-state index < -0.39 is 10.0 Å². The Morgan fingerprint density at radius 2 is 1.69 bits per heavy atom. The topological polar surface area (TPSA) is 37.4 Å². The normalized spacial score (nSPS) is 17.2. The van der Waals surface area contributed by atoms with E-state index in [-0.39, 0.29) is 5.92 Å². The van der Waals surface area contributed by atoms with E-state index in [0.717, 1.165) is 30.4 Å². The Morgan fingerprint density at radius 1 is 1.00 bits per heavy atom. The molecule has 3 rings (SSSR count). The van der Waals surface area contributed by atoms with Gasteiger partial charge in [0.05, 0.1) is 4.90 Å². The fourth-order valence-corrected chi connectivity index (χ4v) is 4.38. The van der Waals surface area contributed by atoms with Crippen LogP contribution in [0, 0.1) is 6.92 Å². The summed E-state index contributed by atoms with van der Waals surface area (Å²) in [6, 6.07) is 17.2. The van der Waals surface area contributed by atoms with Gasteiger partial charge in [-0.3, -0.25) is 0 Å². The first-order valence-electron chi connectivity index (χ1n) is 9.06. The molecule has 136 valence electrons. The van der Waals surface area contributed by atoms with E-state index in [9.17, 15) is 8.42 Å². The smallest absolute Gasteiger partial charge is 0.249 e. The molecule has 0 saturated carbocycles. The van der Waals surface area contributed by atoms with E-state index in [1.54, 1.807) is 18.3 Å². The first-order valence-corrected chi connectivity index (χ1v) is 10.5. The highest BCUT2D eigenvalue weighted by Crippen LogP contribution is 2.34. The minimum atomic E-state index is -3.57. The van der Waals surface area contributed by atoms with Crippen LogP contribution in [0.15, 0.2) is 83.5 Å². The lowest BCUT2D eigenvalue weighted by Gasteiger charge is -2.27. The van der Waals surface area contributed by atoms with Gasteiger partial charge >= 0.3 is 0 Å². The van der Waals surface area contributed by atoms with Gasteiger partial charge in [0.25, 0.3) is 10.0 Å². The molecule has 4 heteroatoms. The van der Waals surface area contributed by atoms with Crippen LogP contribution in [0.4, 0.5) is 0 Å². The zero-order valence-corrected chi connectivity index (χ0v) is 16.1. The predicted molar refractivity (Wildman–Crippen MR) is 106 cm³/mol. The molecular weight excluding hydrogens is 342 g/mol. The molecule has 0 unspecified atom stereocenters. The molecule has 1 heterocycles. The summed E-state index contributed by atoms with van der Waals surface area (Å²) in [5.74, 6) is 0.132. The highest BCUT2D eigenvalue weighted by molar-refractivity contribution is 7.89. The van der Waals surface area contributed by atoms with Crippen molar-refractivity contribution in [2.45, 2.75) is 43.9 Å². The minimum Gasteiger partial charge on any atom is -0.249 e. The van der Waals surface area contributed by atoms with Crippen molar-refractivity contribution in [3.05, 3.63) is 89.8 Å². The summed E-state index contributed by atoms with van der Waals surface area (Å²) in [6.45, 7) is 4.10. The Morgan fingerprint density at radius 3 is 2.35 bits per heavy atom. The molecule has 1 aliphatic rings. The van der Waals surface area contributed by atoms with Gasteiger partial charge in [0.15, 0.2) is 0 Å². The monoisotopic (exact) mass is 367 g/mol. The second kappa shape index (κ2) is 7.92. The largest absolute Gasteiger partial charge is 0.267 e. The quantitative estimate of drug-likeness (QED) is 0.688. The molecule has 0 saturated heterocycles. The van der Waals surface area contributed by atoms with Crippen molar-refractivity contribution in [1.82, 2.24) is 4.31 Å². The van der Waals surface area contributed by atoms with Gasteiger partial charge in [0.2, 0.25) is 0 Å². The van der Waals surface area contributed by atoms with Gasteiger partial charge in [-0.2, -0.15) is 0 Å². The van der Waals surface area contributed by atoms with Crippen molar-refractivity contribution in [2.75, 3.05) is 0 Å². The second-order valence-electron chi connectivity index (χ2n) is 6.69. The highest BCUT2D eigenvalue weighted by Gasteiger charge is 2.26. The molecule has 3 nitrogen and oxygen atoms in total. The summed E-state index contributed by atoms with van der Waals surface area (Å²) in [7, 11) is -3.57. The fraction of sp³-hybridized carbons (Fsp3) is 0.273. The maximum atomic E-state index is 13.0. The molecule has 0 spiro atoms. The number of unbranched alkanes of at least 4 members (excludes halogenated alkanes) is 1. The standard InChI is InChI=1S/C22H25NO2S/c1-3-4-8-20-17-23(16-15-22(20)19-9-6-5-7-10-19)26(24,25)21-13-11-18(2)12-14-21/h5-7,9-17,22H,3-4,8H2,1-2H3/t22-/m0/s1. The second-order valence-corrected chi connectivity index (χ2v) is 8.53. The van der Waals surface area contributed by atoms with Gasteiger partial charge in [0, 0.05) is 18.3 Å². The van der Waals surface area contributed by atoms with Crippen LogP contribution in [0.3, 0.4) is 0 Å². The van der Waals surface area contributed by atoms with E-state index in [1.807, 2.05) is 49.5 Å². The summed E-state index contributed by atoms with van der Waals surface area (Å²) in [6.07, 6.45) is 8.49. The number of allylic oxidation sites excluding steroid dienone is 2. The van der Waals surface area contributed by atoms with Crippen LogP contribution in [0.2, 0.25) is 0 Å². The number of hydrogen-bond acceptors (Lipinski definition) is 2. The van der Waals surface area contributed by atoms with Crippen LogP contribution in [-0.2, 0) is 10.0 Å². The molecule has 0 amide bonds. The lowest BCUT2D eigenvalue weighted by atomic mass is 9.87. The van der Waals surface area contributed by atoms with Gasteiger partial charge in [-0.1, -0.05) is 67.4 Å². The van der Waals surface area contributed by atoms with Crippen molar-refractivity contribution >= 4 is 10.0 Å². The molecule has 1 atom stereocenters. The molecule has 1 aliphatic heterocycles. The van der Waals surface area contributed by atoms with Crippen LogP contribution in [0.5, 0.6) is 0 Å². The molecule has 0 N–H and O–H groups in total. The third kappa shape index (κ3) is 3.91. The summed E-state index contributed by atoms with van der Waals surface area (Å²) in [5, 5.41) is 0. The lowest BCUT2D eigenvalue weighted by Crippen LogP contribution is -2.24. The van der Waals surface area contributed by atoms with Crippen molar-refractivity contribution in [1.29, 1.82) is 0 Å². The number of hydrogen-bond donors (Lipinski definition) is 0. The van der Waals surface area contributed by atoms with Crippen molar-refractivity contribution in [2.24, 2.45) is 0 Å². The molecule has 0 aliphatic carbocycles. The van der Waals surface area contributed by atoms with Gasteiger partial charge in [-0.15, -0.1) is 0 Å². The van der Waals surface area contributed by atoms with Crippen LogP contribution >= 0.6 is 0 Å². The molecule has 0 aromatic heterocycles. The third-order valence-electron chi connectivity index (χ3n) is 4.69. The molecule has 0 bridgehead atoms. The molecule has 0 fully saturated rings. The lowest BCUT2D eigenvalue weighted by molar-refractivity contribution is 0.544. The van der Waals surface area contributed by atoms with Crippen molar-refractivity contribution in [3.8, 4) is 0 Å². The Bertz CT molecular complexity index is 897. The third-order valence-corrected chi connectivity index (χ3v) is 6.34. The first-order chi connectivity index (χ1) is 12.5. The molecule has 2 aromatic rings. The van der Waals surface area contributed by atoms with Crippen LogP contribution in [0.25, 0.3) is 0 Å². The van der Waals surface area contributed by atoms with Gasteiger partial charge in [-0.25, -0.2) is 12.7 Å². The van der Waals surface area contributed by atoms with Gasteiger partial charge < -0.3 is 0 Å². The molecule has 0 radical (unpaired) electrons. The Kier molecular flexibility index (Phi) is 5.62. The Hall–Kier alpha value is -2.33. The fourth-order valence-electron chi connectivity index (χ4n) is 3.15. The average Bonchev–Trinajstić information content (AvgIpc) is 2.67. The minimum absolute atomic E-state index is 0.132. The molecule has 2 aromatic carbocycles. The number of nitrogens with zero attached hydrogens (tertiary/aromatic N) is 1. The maximum Gasteiger partial charge on any atom is 0.267 e. The zero-order chi connectivity index (χ0) is 18.6. The van der Waals surface area contributed by atoms with Crippen LogP contribution < -0.4 is 0 Å². The SMILES string of the molecule is CCCCC1=CN(S(=O)(=O)c2ccc(C)cc2)C=C[C@H]1c1ccccc1. The Labute approximate surface area is 156 Å². The molecular formula is C22H25NO2S. The van der Waals surface area contributed by atoms with Crippen molar-refractivity contribution in [3.63, 3.8) is 0 Å². The maximum absolute atomic E-state index is 13.0. The first kappa shape index (κ1) is 18.5. The number of rotatable bonds is 6. The number of aryl methyl sites for hydroxylation is 1. The van der Waals surface area contributed by atoms with E-state index in [4.69, 9.17) is 0 Å². The summed E-state index contributed by atoms with van der Waals surface area (Å²) in [4.78, 5) is 0.317. The number of sulfonamides is 1. The van der Waals surface area contributed by atoms with E-state index >= 15 is 0 Å². The predicted octanol–water partition coefficient (Wildman–Crippen LogP) is 5.37. The molecule has 26 heavy (non-hydrogen) atoms. The van der Waals surface area contributed by atoms with Crippen molar-refractivity contribution < 1.29 is 8.42 Å². The van der Waals surface area contributed by atoms with E-state index in [2.05, 4.69) is 19.1 Å². The zero-order valence-electron chi connectivity index (χ0n) is 15.3. The van der Waals surface area contributed by atoms with Crippen LogP contribution in [-0.4, -0.2) is 12.7 Å². The van der Waals surface area contributed by atoms with Crippen LogP contribution in [0.1, 0.15) is 43.2 Å². The number of benzene rings is 2. The van der Waals surface area contributed by atoms with Gasteiger partial charge in [-0.05, 0) is 43.0 Å². The summed E-state index contributed by atoms with van der Waals surface area (Å²) in [5.41, 5.74) is 3.37. The average molecular weight is 368 g/mol. The highest BCUT2D eigenvalue weighted by atomic mass is 32.2. The Balaban J connectivity index is 1.94. The summed E-state index contributed by atoms with van der Waals surface area (Å²) >= 11 is 0. The van der Waals surface area contributed by atoms with E-state index in [1.165, 1.54) is 9.87 Å².